The van der Waals surface area contributed by atoms with Crippen molar-refractivity contribution in [2.24, 2.45) is 11.1 Å². The summed E-state index contributed by atoms with van der Waals surface area (Å²) in [7, 11) is 1.73. The zero-order valence-corrected chi connectivity index (χ0v) is 17.1. The van der Waals surface area contributed by atoms with Crippen molar-refractivity contribution in [1.29, 1.82) is 0 Å². The average molecular weight is 424 g/mol. The number of hydrogen-bond donors (Lipinski definition) is 1. The molecule has 1 aromatic heterocycles. The van der Waals surface area contributed by atoms with Crippen molar-refractivity contribution in [3.05, 3.63) is 41.9 Å². The third-order valence-corrected chi connectivity index (χ3v) is 3.95. The monoisotopic (exact) mass is 423 g/mol. The molecule has 5 nitrogen and oxygen atoms in total. The number of aromatic nitrogens is 1. The zero-order chi connectivity index (χ0) is 18.6. The van der Waals surface area contributed by atoms with Gasteiger partial charge in [-0.15, -0.1) is 24.8 Å². The Morgan fingerprint density at radius 3 is 2.56 bits per heavy atom. The Kier molecular flexibility index (Phi) is 9.92. The van der Waals surface area contributed by atoms with E-state index in [1.54, 1.807) is 11.9 Å². The van der Waals surface area contributed by atoms with E-state index < -0.39 is 11.6 Å². The largest absolute Gasteiger partial charge is 0.441 e. The van der Waals surface area contributed by atoms with Gasteiger partial charge in [0.05, 0.1) is 11.8 Å². The summed E-state index contributed by atoms with van der Waals surface area (Å²) in [6.07, 6.45) is 1.90. The maximum atomic E-state index is 13.8. The Morgan fingerprint density at radius 1 is 1.30 bits per heavy atom. The number of oxazole rings is 1. The van der Waals surface area contributed by atoms with Crippen LogP contribution in [0.4, 0.5) is 8.78 Å². The van der Waals surface area contributed by atoms with Crippen molar-refractivity contribution in [2.75, 3.05) is 20.1 Å². The van der Waals surface area contributed by atoms with Gasteiger partial charge in [0.2, 0.25) is 5.91 Å². The highest BCUT2D eigenvalue weighted by Gasteiger charge is 2.21. The molecule has 0 bridgehead atoms. The lowest BCUT2D eigenvalue weighted by molar-refractivity contribution is -0.131. The molecule has 152 valence electrons. The Labute approximate surface area is 170 Å². The molecular weight excluding hydrogens is 399 g/mol. The van der Waals surface area contributed by atoms with Gasteiger partial charge >= 0.3 is 0 Å². The first-order valence-electron chi connectivity index (χ1n) is 8.06. The Bertz CT molecular complexity index is 754. The van der Waals surface area contributed by atoms with E-state index >= 15 is 0 Å². The van der Waals surface area contributed by atoms with Crippen LogP contribution in [0.15, 0.2) is 28.8 Å². The number of carbonyl (C=O) groups excluding carboxylic acids is 1. The Hall–Kier alpha value is -1.70. The molecule has 2 N–H and O–H groups in total. The van der Waals surface area contributed by atoms with Crippen molar-refractivity contribution in [2.45, 2.75) is 26.7 Å². The van der Waals surface area contributed by atoms with Crippen LogP contribution in [0.25, 0.3) is 11.3 Å². The molecule has 1 heterocycles. The van der Waals surface area contributed by atoms with Gasteiger partial charge in [-0.25, -0.2) is 13.8 Å². The van der Waals surface area contributed by atoms with E-state index in [9.17, 15) is 13.6 Å². The minimum absolute atomic E-state index is 0. The normalized spacial score (nSPS) is 10.7. The number of hydrogen-bond acceptors (Lipinski definition) is 4. The van der Waals surface area contributed by atoms with E-state index in [-0.39, 0.29) is 53.9 Å². The van der Waals surface area contributed by atoms with Gasteiger partial charge in [-0.05, 0) is 24.1 Å². The standard InChI is InChI=1S/C18H23F2N3O2.2ClH/c1-18(2,10-21)11-23(3)17(24)7-6-16-22-9-15(25-16)13-5-4-12(19)8-14(13)20;;/h4-5,8-9H,6-7,10-11,21H2,1-3H3;2*1H. The number of benzene rings is 1. The zero-order valence-electron chi connectivity index (χ0n) is 15.5. The second kappa shape index (κ2) is 10.6. The van der Waals surface area contributed by atoms with Crippen molar-refractivity contribution in [3.8, 4) is 11.3 Å². The third-order valence-electron chi connectivity index (χ3n) is 3.95. The summed E-state index contributed by atoms with van der Waals surface area (Å²) in [6, 6.07) is 3.23. The number of rotatable bonds is 7. The van der Waals surface area contributed by atoms with Gasteiger partial charge in [-0.3, -0.25) is 4.79 Å². The molecule has 2 rings (SSSR count). The van der Waals surface area contributed by atoms with Crippen LogP contribution in [0.1, 0.15) is 26.2 Å². The molecule has 1 aromatic carbocycles. The molecule has 0 fully saturated rings. The van der Waals surface area contributed by atoms with Gasteiger partial charge in [0, 0.05) is 32.5 Å². The van der Waals surface area contributed by atoms with Gasteiger partial charge in [0.25, 0.3) is 0 Å². The molecular formula is C18H25Cl2F2N3O2. The maximum absolute atomic E-state index is 13.8. The second-order valence-corrected chi connectivity index (χ2v) is 6.86. The van der Waals surface area contributed by atoms with E-state index in [4.69, 9.17) is 10.2 Å². The fraction of sp³-hybridized carbons (Fsp3) is 0.444. The molecule has 0 unspecified atom stereocenters. The molecule has 0 aliphatic rings. The smallest absolute Gasteiger partial charge is 0.222 e. The van der Waals surface area contributed by atoms with Gasteiger partial charge in [0.1, 0.15) is 11.6 Å². The summed E-state index contributed by atoms with van der Waals surface area (Å²) < 4.78 is 32.2. The summed E-state index contributed by atoms with van der Waals surface area (Å²) >= 11 is 0. The van der Waals surface area contributed by atoms with Crippen molar-refractivity contribution >= 4 is 30.7 Å². The lowest BCUT2D eigenvalue weighted by Crippen LogP contribution is -2.39. The highest BCUT2D eigenvalue weighted by Crippen LogP contribution is 2.24. The molecule has 0 saturated heterocycles. The lowest BCUT2D eigenvalue weighted by atomic mass is 9.93. The maximum Gasteiger partial charge on any atom is 0.222 e. The fourth-order valence-corrected chi connectivity index (χ4v) is 2.44. The minimum atomic E-state index is -0.720. The van der Waals surface area contributed by atoms with Crippen LogP contribution in [-0.2, 0) is 11.2 Å². The third kappa shape index (κ3) is 7.08. The van der Waals surface area contributed by atoms with Crippen LogP contribution >= 0.6 is 24.8 Å². The molecule has 9 heteroatoms. The van der Waals surface area contributed by atoms with Crippen molar-refractivity contribution in [1.82, 2.24) is 9.88 Å². The second-order valence-electron chi connectivity index (χ2n) is 6.86. The average Bonchev–Trinajstić information content (AvgIpc) is 3.00. The number of aryl methyl sites for hydroxylation is 1. The molecule has 27 heavy (non-hydrogen) atoms. The first-order valence-corrected chi connectivity index (χ1v) is 8.06. The van der Waals surface area contributed by atoms with E-state index in [0.717, 1.165) is 12.1 Å². The minimum Gasteiger partial charge on any atom is -0.441 e. The number of carbonyl (C=O) groups is 1. The molecule has 0 aliphatic heterocycles. The number of halogens is 4. The summed E-state index contributed by atoms with van der Waals surface area (Å²) in [5.74, 6) is -0.886. The van der Waals surface area contributed by atoms with Crippen LogP contribution in [0, 0.1) is 17.0 Å². The molecule has 0 radical (unpaired) electrons. The van der Waals surface area contributed by atoms with Crippen LogP contribution in [0.2, 0.25) is 0 Å². The van der Waals surface area contributed by atoms with Crippen LogP contribution < -0.4 is 5.73 Å². The van der Waals surface area contributed by atoms with Crippen LogP contribution in [0.3, 0.4) is 0 Å². The number of nitrogens with zero attached hydrogens (tertiary/aromatic N) is 2. The molecule has 0 spiro atoms. The first kappa shape index (κ1) is 25.3. The number of nitrogens with two attached hydrogens (primary N) is 1. The van der Waals surface area contributed by atoms with Gasteiger partial charge in [-0.2, -0.15) is 0 Å². The van der Waals surface area contributed by atoms with Crippen molar-refractivity contribution in [3.63, 3.8) is 0 Å². The van der Waals surface area contributed by atoms with E-state index in [2.05, 4.69) is 4.98 Å². The van der Waals surface area contributed by atoms with Gasteiger partial charge in [-0.1, -0.05) is 13.8 Å². The van der Waals surface area contributed by atoms with Gasteiger partial charge < -0.3 is 15.1 Å². The molecule has 1 amide bonds. The number of amides is 1. The lowest BCUT2D eigenvalue weighted by Gasteiger charge is -2.29. The SMILES string of the molecule is CN(CC(C)(C)CN)C(=O)CCc1ncc(-c2ccc(F)cc2F)o1.Cl.Cl. The summed E-state index contributed by atoms with van der Waals surface area (Å²) in [6.45, 7) is 5.03. The van der Waals surface area contributed by atoms with Crippen LogP contribution in [-0.4, -0.2) is 35.9 Å². The molecule has 0 aliphatic carbocycles. The van der Waals surface area contributed by atoms with E-state index in [0.29, 0.717) is 25.4 Å². The Balaban J connectivity index is 0.00000338. The van der Waals surface area contributed by atoms with E-state index in [1.807, 2.05) is 13.8 Å². The fourth-order valence-electron chi connectivity index (χ4n) is 2.44. The van der Waals surface area contributed by atoms with Crippen molar-refractivity contribution < 1.29 is 18.0 Å². The predicted octanol–water partition coefficient (Wildman–Crippen LogP) is 3.84. The molecule has 0 saturated carbocycles. The Morgan fingerprint density at radius 2 is 1.96 bits per heavy atom. The first-order chi connectivity index (χ1) is 11.7. The van der Waals surface area contributed by atoms with Crippen LogP contribution in [0.5, 0.6) is 0 Å². The molecule has 0 atom stereocenters. The molecule has 2 aromatic rings. The summed E-state index contributed by atoms with van der Waals surface area (Å²) in [5.41, 5.74) is 5.66. The topological polar surface area (TPSA) is 72.4 Å². The highest BCUT2D eigenvalue weighted by molar-refractivity contribution is 5.85. The predicted molar refractivity (Wildman–Crippen MR) is 105 cm³/mol. The highest BCUT2D eigenvalue weighted by atomic mass is 35.5. The van der Waals surface area contributed by atoms with E-state index in [1.165, 1.54) is 12.3 Å². The quantitative estimate of drug-likeness (QED) is 0.733. The van der Waals surface area contributed by atoms with Gasteiger partial charge in [0.15, 0.2) is 11.7 Å². The summed E-state index contributed by atoms with van der Waals surface area (Å²) in [5, 5.41) is 0. The summed E-state index contributed by atoms with van der Waals surface area (Å²) in [4.78, 5) is 17.9.